The normalized spacial score (nSPS) is 22.6. The van der Waals surface area contributed by atoms with Gasteiger partial charge in [-0.05, 0) is 43.4 Å². The molecule has 1 N–H and O–H groups in total. The summed E-state index contributed by atoms with van der Waals surface area (Å²) < 4.78 is 26.8. The van der Waals surface area contributed by atoms with Gasteiger partial charge in [-0.25, -0.2) is 8.42 Å². The summed E-state index contributed by atoms with van der Waals surface area (Å²) in [6, 6.07) is 6.54. The molecule has 5 heteroatoms. The lowest BCUT2D eigenvalue weighted by Gasteiger charge is -2.31. The van der Waals surface area contributed by atoms with Crippen LogP contribution in [0.2, 0.25) is 0 Å². The van der Waals surface area contributed by atoms with E-state index in [9.17, 15) is 13.5 Å². The van der Waals surface area contributed by atoms with Crippen LogP contribution < -0.4 is 0 Å². The van der Waals surface area contributed by atoms with E-state index in [1.165, 1.54) is 0 Å². The molecule has 1 saturated heterocycles. The number of nitrogens with zero attached hydrogens (tertiary/aromatic N) is 1. The molecule has 0 radical (unpaired) electrons. The van der Waals surface area contributed by atoms with Crippen LogP contribution in [0.4, 0.5) is 0 Å². The molecule has 4 nitrogen and oxygen atoms in total. The van der Waals surface area contributed by atoms with Crippen LogP contribution in [0.15, 0.2) is 29.2 Å². The van der Waals surface area contributed by atoms with E-state index < -0.39 is 16.1 Å². The van der Waals surface area contributed by atoms with Gasteiger partial charge in [0, 0.05) is 13.1 Å². The lowest BCUT2D eigenvalue weighted by molar-refractivity contribution is 0.199. The van der Waals surface area contributed by atoms with Gasteiger partial charge in [0.1, 0.15) is 0 Å². The van der Waals surface area contributed by atoms with Crippen molar-refractivity contribution in [1.29, 1.82) is 0 Å². The average molecular weight is 297 g/mol. The Hall–Kier alpha value is -0.910. The maximum absolute atomic E-state index is 12.6. The van der Waals surface area contributed by atoms with Crippen molar-refractivity contribution < 1.29 is 13.5 Å². The highest BCUT2D eigenvalue weighted by atomic mass is 32.2. The monoisotopic (exact) mass is 297 g/mol. The van der Waals surface area contributed by atoms with E-state index in [0.717, 1.165) is 24.8 Å². The molecular weight excluding hydrogens is 274 g/mol. The highest BCUT2D eigenvalue weighted by Crippen LogP contribution is 2.26. The van der Waals surface area contributed by atoms with E-state index in [0.29, 0.717) is 23.9 Å². The molecular formula is C15H23NO3S. The number of sulfonamides is 1. The van der Waals surface area contributed by atoms with Gasteiger partial charge in [0.15, 0.2) is 0 Å². The molecule has 1 fully saturated rings. The van der Waals surface area contributed by atoms with Crippen molar-refractivity contribution in [3.8, 4) is 0 Å². The number of rotatable bonds is 4. The predicted molar refractivity (Wildman–Crippen MR) is 78.8 cm³/mol. The minimum Gasteiger partial charge on any atom is -0.389 e. The maximum Gasteiger partial charge on any atom is 0.243 e. The Morgan fingerprint density at radius 3 is 2.55 bits per heavy atom. The van der Waals surface area contributed by atoms with E-state index >= 15 is 0 Å². The Balaban J connectivity index is 2.21. The first-order valence-electron chi connectivity index (χ1n) is 7.23. The van der Waals surface area contributed by atoms with Crippen LogP contribution in [-0.2, 0) is 10.0 Å². The van der Waals surface area contributed by atoms with E-state index in [1.54, 1.807) is 35.5 Å². The van der Waals surface area contributed by atoms with Crippen LogP contribution in [0.1, 0.15) is 44.8 Å². The summed E-state index contributed by atoms with van der Waals surface area (Å²) in [7, 11) is -3.40. The number of benzene rings is 1. The molecule has 0 aliphatic carbocycles. The van der Waals surface area contributed by atoms with Crippen molar-refractivity contribution in [2.45, 2.75) is 44.1 Å². The molecule has 112 valence electrons. The fourth-order valence-corrected chi connectivity index (χ4v) is 4.20. The first-order chi connectivity index (χ1) is 9.45. The van der Waals surface area contributed by atoms with Crippen LogP contribution >= 0.6 is 0 Å². The molecule has 2 unspecified atom stereocenters. The van der Waals surface area contributed by atoms with Crippen LogP contribution in [0.5, 0.6) is 0 Å². The molecule has 20 heavy (non-hydrogen) atoms. The van der Waals surface area contributed by atoms with Gasteiger partial charge in [-0.1, -0.05) is 25.5 Å². The highest BCUT2D eigenvalue weighted by molar-refractivity contribution is 7.89. The molecule has 1 aliphatic heterocycles. The van der Waals surface area contributed by atoms with Gasteiger partial charge in [-0.3, -0.25) is 0 Å². The van der Waals surface area contributed by atoms with Crippen molar-refractivity contribution in [3.05, 3.63) is 29.8 Å². The summed E-state index contributed by atoms with van der Waals surface area (Å²) in [6.07, 6.45) is 2.49. The summed E-state index contributed by atoms with van der Waals surface area (Å²) in [5.41, 5.74) is 0.731. The Labute approximate surface area is 121 Å². The third kappa shape index (κ3) is 3.22. The number of piperidine rings is 1. The molecule has 2 atom stereocenters. The minimum absolute atomic E-state index is 0.318. The summed E-state index contributed by atoms with van der Waals surface area (Å²) in [6.45, 7) is 5.01. The quantitative estimate of drug-likeness (QED) is 0.929. The number of hydrogen-bond donors (Lipinski definition) is 1. The third-order valence-corrected chi connectivity index (χ3v) is 5.94. The maximum atomic E-state index is 12.6. The van der Waals surface area contributed by atoms with Gasteiger partial charge in [0.05, 0.1) is 11.0 Å². The van der Waals surface area contributed by atoms with Crippen molar-refractivity contribution in [2.24, 2.45) is 5.92 Å². The molecule has 0 bridgehead atoms. The molecule has 1 aromatic rings. The Morgan fingerprint density at radius 2 is 2.00 bits per heavy atom. The van der Waals surface area contributed by atoms with Crippen molar-refractivity contribution in [2.75, 3.05) is 13.1 Å². The molecule has 0 spiro atoms. The van der Waals surface area contributed by atoms with Crippen LogP contribution in [0, 0.1) is 5.92 Å². The lowest BCUT2D eigenvalue weighted by Crippen LogP contribution is -2.39. The number of aliphatic hydroxyl groups is 1. The molecule has 0 aromatic heterocycles. The van der Waals surface area contributed by atoms with Crippen LogP contribution in [-0.4, -0.2) is 30.9 Å². The number of hydrogen-bond acceptors (Lipinski definition) is 3. The zero-order valence-electron chi connectivity index (χ0n) is 12.1. The molecule has 0 saturated carbocycles. The minimum atomic E-state index is -3.40. The zero-order valence-corrected chi connectivity index (χ0v) is 12.9. The highest BCUT2D eigenvalue weighted by Gasteiger charge is 2.29. The van der Waals surface area contributed by atoms with Gasteiger partial charge in [0.2, 0.25) is 10.0 Å². The van der Waals surface area contributed by atoms with Crippen LogP contribution in [0.3, 0.4) is 0 Å². The second-order valence-electron chi connectivity index (χ2n) is 5.52. The predicted octanol–water partition coefficient (Wildman–Crippen LogP) is 2.55. The topological polar surface area (TPSA) is 57.6 Å². The third-order valence-electron chi connectivity index (χ3n) is 4.06. The molecule has 1 aliphatic rings. The standard InChI is InChI=1S/C15H23NO3S/c1-3-13-5-4-10-16(11-13)20(18,19)15-8-6-14(7-9-15)12(2)17/h6-9,12-13,17H,3-5,10-11H2,1-2H3. The van der Waals surface area contributed by atoms with E-state index in [2.05, 4.69) is 6.92 Å². The molecule has 1 aromatic carbocycles. The summed E-state index contributed by atoms with van der Waals surface area (Å²) in [5.74, 6) is 0.468. The molecule has 1 heterocycles. The summed E-state index contributed by atoms with van der Waals surface area (Å²) >= 11 is 0. The fraction of sp³-hybridized carbons (Fsp3) is 0.600. The SMILES string of the molecule is CCC1CCCN(S(=O)(=O)c2ccc(C(C)O)cc2)C1. The van der Waals surface area contributed by atoms with Crippen LogP contribution in [0.25, 0.3) is 0 Å². The van der Waals surface area contributed by atoms with Gasteiger partial charge in [-0.15, -0.1) is 0 Å². The first kappa shape index (κ1) is 15.5. The smallest absolute Gasteiger partial charge is 0.243 e. The van der Waals surface area contributed by atoms with Gasteiger partial charge >= 0.3 is 0 Å². The second-order valence-corrected chi connectivity index (χ2v) is 7.46. The summed E-state index contributed by atoms with van der Waals surface area (Å²) in [5, 5.41) is 9.47. The number of aliphatic hydroxyl groups excluding tert-OH is 1. The Bertz CT molecular complexity index is 537. The summed E-state index contributed by atoms with van der Waals surface area (Å²) in [4.78, 5) is 0.318. The van der Waals surface area contributed by atoms with Gasteiger partial charge in [-0.2, -0.15) is 4.31 Å². The first-order valence-corrected chi connectivity index (χ1v) is 8.67. The van der Waals surface area contributed by atoms with Crippen molar-refractivity contribution in [1.82, 2.24) is 4.31 Å². The Morgan fingerprint density at radius 1 is 1.35 bits per heavy atom. The largest absolute Gasteiger partial charge is 0.389 e. The lowest BCUT2D eigenvalue weighted by atomic mass is 9.97. The second kappa shape index (κ2) is 6.24. The Kier molecular flexibility index (Phi) is 4.83. The average Bonchev–Trinajstić information content (AvgIpc) is 2.47. The van der Waals surface area contributed by atoms with Crippen molar-refractivity contribution >= 4 is 10.0 Å². The fourth-order valence-electron chi connectivity index (χ4n) is 2.65. The van der Waals surface area contributed by atoms with Gasteiger partial charge < -0.3 is 5.11 Å². The molecule has 2 rings (SSSR count). The van der Waals surface area contributed by atoms with E-state index in [-0.39, 0.29) is 0 Å². The van der Waals surface area contributed by atoms with Crippen molar-refractivity contribution in [3.63, 3.8) is 0 Å². The zero-order chi connectivity index (χ0) is 14.8. The van der Waals surface area contributed by atoms with Gasteiger partial charge in [0.25, 0.3) is 0 Å². The van der Waals surface area contributed by atoms with E-state index in [1.807, 2.05) is 0 Å². The van der Waals surface area contributed by atoms with E-state index in [4.69, 9.17) is 0 Å². The molecule has 0 amide bonds.